The molecule has 2 rings (SSSR count). The SMILES string of the molecule is CCOc1ccc(-c2c(C)sc(N)c2C(=O)OC(C)C)cc1. The van der Waals surface area contributed by atoms with Gasteiger partial charge in [-0.2, -0.15) is 0 Å². The molecule has 0 atom stereocenters. The summed E-state index contributed by atoms with van der Waals surface area (Å²) < 4.78 is 10.8. The second kappa shape index (κ2) is 6.83. The second-order valence-corrected chi connectivity index (χ2v) is 6.44. The molecule has 0 unspecified atom stereocenters. The van der Waals surface area contributed by atoms with E-state index in [9.17, 15) is 4.79 Å². The van der Waals surface area contributed by atoms with Crippen molar-refractivity contribution in [3.63, 3.8) is 0 Å². The first-order valence-corrected chi connectivity index (χ1v) is 8.08. The topological polar surface area (TPSA) is 61.5 Å². The van der Waals surface area contributed by atoms with Gasteiger partial charge in [-0.25, -0.2) is 4.79 Å². The molecule has 2 N–H and O–H groups in total. The molecular weight excluding hydrogens is 298 g/mol. The first-order valence-electron chi connectivity index (χ1n) is 7.27. The Kier molecular flexibility index (Phi) is 5.08. The van der Waals surface area contributed by atoms with Crippen LogP contribution in [-0.2, 0) is 4.74 Å². The van der Waals surface area contributed by atoms with Crippen LogP contribution in [0.5, 0.6) is 5.75 Å². The van der Waals surface area contributed by atoms with Crippen LogP contribution in [0, 0.1) is 6.92 Å². The standard InChI is InChI=1S/C17H21NO3S/c1-5-20-13-8-6-12(7-9-13)14-11(4)22-16(18)15(14)17(19)21-10(2)3/h6-10H,5,18H2,1-4H3. The average Bonchev–Trinajstić information content (AvgIpc) is 2.74. The van der Waals surface area contributed by atoms with E-state index in [1.807, 2.05) is 52.0 Å². The maximum absolute atomic E-state index is 12.3. The molecule has 1 heterocycles. The minimum Gasteiger partial charge on any atom is -0.494 e. The quantitative estimate of drug-likeness (QED) is 0.836. The number of benzene rings is 1. The molecule has 0 fully saturated rings. The van der Waals surface area contributed by atoms with Gasteiger partial charge in [0.25, 0.3) is 0 Å². The Morgan fingerprint density at radius 3 is 2.45 bits per heavy atom. The fraction of sp³-hybridized carbons (Fsp3) is 0.353. The lowest BCUT2D eigenvalue weighted by Crippen LogP contribution is -2.13. The molecule has 22 heavy (non-hydrogen) atoms. The van der Waals surface area contributed by atoms with Gasteiger partial charge in [-0.15, -0.1) is 11.3 Å². The van der Waals surface area contributed by atoms with Gasteiger partial charge in [0.15, 0.2) is 0 Å². The van der Waals surface area contributed by atoms with Crippen molar-refractivity contribution in [2.45, 2.75) is 33.8 Å². The van der Waals surface area contributed by atoms with Gasteiger partial charge in [-0.1, -0.05) is 12.1 Å². The van der Waals surface area contributed by atoms with E-state index in [-0.39, 0.29) is 12.1 Å². The number of nitrogen functional groups attached to an aromatic ring is 1. The van der Waals surface area contributed by atoms with Crippen molar-refractivity contribution in [1.29, 1.82) is 0 Å². The second-order valence-electron chi connectivity index (χ2n) is 5.18. The van der Waals surface area contributed by atoms with E-state index in [4.69, 9.17) is 15.2 Å². The monoisotopic (exact) mass is 319 g/mol. The van der Waals surface area contributed by atoms with Gasteiger partial charge >= 0.3 is 5.97 Å². The predicted octanol–water partition coefficient (Wildman–Crippen LogP) is 4.27. The van der Waals surface area contributed by atoms with E-state index in [0.717, 1.165) is 21.8 Å². The minimum absolute atomic E-state index is 0.180. The molecule has 1 aromatic heterocycles. The normalized spacial score (nSPS) is 10.8. The van der Waals surface area contributed by atoms with Gasteiger partial charge in [0, 0.05) is 10.4 Å². The number of carbonyl (C=O) groups is 1. The summed E-state index contributed by atoms with van der Waals surface area (Å²) in [5, 5.41) is 0.493. The Hall–Kier alpha value is -2.01. The minimum atomic E-state index is -0.374. The summed E-state index contributed by atoms with van der Waals surface area (Å²) in [5.74, 6) is 0.430. The Morgan fingerprint density at radius 2 is 1.91 bits per heavy atom. The van der Waals surface area contributed by atoms with Crippen LogP contribution in [0.1, 0.15) is 36.0 Å². The lowest BCUT2D eigenvalue weighted by Gasteiger charge is -2.11. The van der Waals surface area contributed by atoms with Gasteiger partial charge in [0.2, 0.25) is 0 Å². The summed E-state index contributed by atoms with van der Waals surface area (Å²) in [4.78, 5) is 13.3. The summed E-state index contributed by atoms with van der Waals surface area (Å²) in [5.41, 5.74) is 8.26. The molecule has 0 spiro atoms. The van der Waals surface area contributed by atoms with Crippen molar-refractivity contribution in [1.82, 2.24) is 0 Å². The summed E-state index contributed by atoms with van der Waals surface area (Å²) >= 11 is 1.41. The Bertz CT molecular complexity index is 659. The van der Waals surface area contributed by atoms with Crippen molar-refractivity contribution in [3.05, 3.63) is 34.7 Å². The Balaban J connectivity index is 2.44. The third-order valence-corrected chi connectivity index (χ3v) is 4.05. The lowest BCUT2D eigenvalue weighted by molar-refractivity contribution is 0.0380. The molecule has 0 radical (unpaired) electrons. The molecule has 0 saturated carbocycles. The van der Waals surface area contributed by atoms with Gasteiger partial charge in [-0.05, 0) is 45.4 Å². The zero-order chi connectivity index (χ0) is 16.3. The summed E-state index contributed by atoms with van der Waals surface area (Å²) in [6.45, 7) is 8.17. The van der Waals surface area contributed by atoms with E-state index in [0.29, 0.717) is 17.2 Å². The molecule has 118 valence electrons. The summed E-state index contributed by atoms with van der Waals surface area (Å²) in [6, 6.07) is 7.66. The number of esters is 1. The fourth-order valence-corrected chi connectivity index (χ4v) is 3.21. The van der Waals surface area contributed by atoms with Crippen LogP contribution in [0.25, 0.3) is 11.1 Å². The highest BCUT2D eigenvalue weighted by Gasteiger charge is 2.23. The van der Waals surface area contributed by atoms with Crippen molar-refractivity contribution < 1.29 is 14.3 Å². The number of nitrogens with two attached hydrogens (primary N) is 1. The van der Waals surface area contributed by atoms with Crippen LogP contribution in [0.2, 0.25) is 0 Å². The van der Waals surface area contributed by atoms with Crippen LogP contribution in [0.15, 0.2) is 24.3 Å². The maximum Gasteiger partial charge on any atom is 0.342 e. The molecule has 0 aliphatic rings. The van der Waals surface area contributed by atoms with Gasteiger partial charge in [0.05, 0.1) is 12.7 Å². The number of hydrogen-bond acceptors (Lipinski definition) is 5. The lowest BCUT2D eigenvalue weighted by atomic mass is 10.0. The van der Waals surface area contributed by atoms with Crippen molar-refractivity contribution in [2.24, 2.45) is 0 Å². The molecule has 0 aliphatic carbocycles. The third kappa shape index (κ3) is 3.42. The maximum atomic E-state index is 12.3. The first kappa shape index (κ1) is 16.4. The zero-order valence-electron chi connectivity index (χ0n) is 13.3. The number of rotatable bonds is 5. The van der Waals surface area contributed by atoms with E-state index in [2.05, 4.69) is 0 Å². The van der Waals surface area contributed by atoms with Gasteiger partial charge in [-0.3, -0.25) is 0 Å². The molecule has 1 aromatic carbocycles. The van der Waals surface area contributed by atoms with Crippen molar-refractivity contribution in [2.75, 3.05) is 12.3 Å². The molecule has 2 aromatic rings. The third-order valence-electron chi connectivity index (χ3n) is 3.11. The van der Waals surface area contributed by atoms with Crippen LogP contribution in [0.3, 0.4) is 0 Å². The predicted molar refractivity (Wildman–Crippen MR) is 90.6 cm³/mol. The number of thiophene rings is 1. The number of aryl methyl sites for hydroxylation is 1. The van der Waals surface area contributed by atoms with Crippen LogP contribution in [0.4, 0.5) is 5.00 Å². The number of ether oxygens (including phenoxy) is 2. The van der Waals surface area contributed by atoms with E-state index in [1.54, 1.807) is 0 Å². The van der Waals surface area contributed by atoms with Crippen molar-refractivity contribution in [3.8, 4) is 16.9 Å². The fourth-order valence-electron chi connectivity index (χ4n) is 2.27. The van der Waals surface area contributed by atoms with E-state index in [1.165, 1.54) is 11.3 Å². The zero-order valence-corrected chi connectivity index (χ0v) is 14.1. The molecule has 0 saturated heterocycles. The summed E-state index contributed by atoms with van der Waals surface area (Å²) in [6.07, 6.45) is -0.180. The molecule has 4 nitrogen and oxygen atoms in total. The number of hydrogen-bond donors (Lipinski definition) is 1. The largest absolute Gasteiger partial charge is 0.494 e. The molecule has 0 amide bonds. The molecule has 0 bridgehead atoms. The van der Waals surface area contributed by atoms with Gasteiger partial charge in [0.1, 0.15) is 16.3 Å². The summed E-state index contributed by atoms with van der Waals surface area (Å²) in [7, 11) is 0. The highest BCUT2D eigenvalue weighted by atomic mass is 32.1. The highest BCUT2D eigenvalue weighted by molar-refractivity contribution is 7.16. The average molecular weight is 319 g/mol. The van der Waals surface area contributed by atoms with E-state index < -0.39 is 0 Å². The molecule has 0 aliphatic heterocycles. The molecule has 5 heteroatoms. The van der Waals surface area contributed by atoms with Crippen LogP contribution in [-0.4, -0.2) is 18.7 Å². The van der Waals surface area contributed by atoms with Crippen molar-refractivity contribution >= 4 is 22.3 Å². The highest BCUT2D eigenvalue weighted by Crippen LogP contribution is 2.39. The number of carbonyl (C=O) groups excluding carboxylic acids is 1. The molecular formula is C17H21NO3S. The Morgan fingerprint density at radius 1 is 1.27 bits per heavy atom. The Labute approximate surface area is 134 Å². The van der Waals surface area contributed by atoms with E-state index >= 15 is 0 Å². The smallest absolute Gasteiger partial charge is 0.342 e. The van der Waals surface area contributed by atoms with Crippen LogP contribution >= 0.6 is 11.3 Å². The van der Waals surface area contributed by atoms with Crippen LogP contribution < -0.4 is 10.5 Å². The number of anilines is 1. The van der Waals surface area contributed by atoms with Gasteiger partial charge < -0.3 is 15.2 Å². The first-order chi connectivity index (χ1) is 10.4.